The summed E-state index contributed by atoms with van der Waals surface area (Å²) in [5.74, 6) is -0.102. The van der Waals surface area contributed by atoms with Gasteiger partial charge < -0.3 is 10.5 Å². The van der Waals surface area contributed by atoms with Crippen molar-refractivity contribution in [3.8, 4) is 0 Å². The first-order valence-electron chi connectivity index (χ1n) is 7.34. The summed E-state index contributed by atoms with van der Waals surface area (Å²) in [4.78, 5) is 11.6. The third-order valence-electron chi connectivity index (χ3n) is 5.66. The molecular weight excluding hydrogens is 226 g/mol. The Kier molecular flexibility index (Phi) is 4.00. The lowest BCUT2D eigenvalue weighted by Gasteiger charge is -2.47. The maximum absolute atomic E-state index is 11.6. The molecule has 0 heterocycles. The van der Waals surface area contributed by atoms with Crippen molar-refractivity contribution < 1.29 is 9.53 Å². The van der Waals surface area contributed by atoms with Crippen molar-refractivity contribution >= 4 is 5.97 Å². The normalized spacial score (nSPS) is 27.1. The van der Waals surface area contributed by atoms with Gasteiger partial charge in [0.15, 0.2) is 0 Å². The Balaban J connectivity index is 2.03. The standard InChI is InChI=1S/C15H27NO2/c1-12(16)15(11-13(17)18-2)9-7-14(8-10-15)5-3-4-6-14/h12H,3-11,16H2,1-2H3. The van der Waals surface area contributed by atoms with Crippen molar-refractivity contribution in [1.82, 2.24) is 0 Å². The topological polar surface area (TPSA) is 52.3 Å². The number of carbonyl (C=O) groups is 1. The van der Waals surface area contributed by atoms with Crippen LogP contribution in [0.2, 0.25) is 0 Å². The van der Waals surface area contributed by atoms with Crippen LogP contribution in [0.5, 0.6) is 0 Å². The largest absolute Gasteiger partial charge is 0.469 e. The van der Waals surface area contributed by atoms with Gasteiger partial charge in [0.1, 0.15) is 0 Å². The van der Waals surface area contributed by atoms with E-state index in [0.29, 0.717) is 11.8 Å². The van der Waals surface area contributed by atoms with Crippen LogP contribution in [0.3, 0.4) is 0 Å². The van der Waals surface area contributed by atoms with Gasteiger partial charge in [-0.15, -0.1) is 0 Å². The molecule has 0 saturated heterocycles. The van der Waals surface area contributed by atoms with Crippen LogP contribution in [0.4, 0.5) is 0 Å². The molecule has 3 nitrogen and oxygen atoms in total. The Bertz CT molecular complexity index is 296. The van der Waals surface area contributed by atoms with Gasteiger partial charge in [-0.2, -0.15) is 0 Å². The number of ether oxygens (including phenoxy) is 1. The molecule has 2 fully saturated rings. The van der Waals surface area contributed by atoms with Crippen LogP contribution < -0.4 is 5.73 Å². The van der Waals surface area contributed by atoms with E-state index in [9.17, 15) is 4.79 Å². The number of esters is 1. The number of hydrogen-bond acceptors (Lipinski definition) is 3. The highest BCUT2D eigenvalue weighted by Gasteiger charge is 2.46. The molecule has 3 heteroatoms. The minimum absolute atomic E-state index is 0.0130. The summed E-state index contributed by atoms with van der Waals surface area (Å²) in [6, 6.07) is 0.0790. The monoisotopic (exact) mass is 253 g/mol. The fourth-order valence-corrected chi connectivity index (χ4v) is 4.06. The molecule has 0 aromatic rings. The Morgan fingerprint density at radius 2 is 1.72 bits per heavy atom. The lowest BCUT2D eigenvalue weighted by molar-refractivity contribution is -0.145. The van der Waals surface area contributed by atoms with E-state index in [4.69, 9.17) is 10.5 Å². The first kappa shape index (κ1) is 13.9. The third kappa shape index (κ3) is 2.56. The van der Waals surface area contributed by atoms with E-state index in [-0.39, 0.29) is 17.4 Å². The smallest absolute Gasteiger partial charge is 0.306 e. The second-order valence-electron chi connectivity index (χ2n) is 6.61. The quantitative estimate of drug-likeness (QED) is 0.787. The molecule has 0 aromatic carbocycles. The van der Waals surface area contributed by atoms with E-state index in [2.05, 4.69) is 6.92 Å². The summed E-state index contributed by atoms with van der Waals surface area (Å²) in [6.07, 6.45) is 10.8. The second kappa shape index (κ2) is 5.20. The van der Waals surface area contributed by atoms with Crippen LogP contribution in [0.25, 0.3) is 0 Å². The van der Waals surface area contributed by atoms with Crippen LogP contribution in [-0.2, 0) is 9.53 Å². The highest BCUT2D eigenvalue weighted by molar-refractivity contribution is 5.70. The van der Waals surface area contributed by atoms with E-state index < -0.39 is 0 Å². The first-order chi connectivity index (χ1) is 8.52. The van der Waals surface area contributed by atoms with Gasteiger partial charge in [-0.1, -0.05) is 12.8 Å². The van der Waals surface area contributed by atoms with Gasteiger partial charge in [0.2, 0.25) is 0 Å². The molecule has 104 valence electrons. The van der Waals surface area contributed by atoms with Gasteiger partial charge in [0.05, 0.1) is 13.5 Å². The van der Waals surface area contributed by atoms with Gasteiger partial charge in [-0.25, -0.2) is 0 Å². The van der Waals surface area contributed by atoms with Crippen molar-refractivity contribution in [2.45, 2.75) is 70.8 Å². The molecule has 2 aliphatic carbocycles. The van der Waals surface area contributed by atoms with Gasteiger partial charge in [0.25, 0.3) is 0 Å². The average Bonchev–Trinajstić information content (AvgIpc) is 2.81. The zero-order valence-electron chi connectivity index (χ0n) is 11.8. The summed E-state index contributed by atoms with van der Waals surface area (Å²) in [5, 5.41) is 0. The number of hydrogen-bond donors (Lipinski definition) is 1. The van der Waals surface area contributed by atoms with E-state index in [1.54, 1.807) is 0 Å². The first-order valence-corrected chi connectivity index (χ1v) is 7.34. The molecule has 2 N–H and O–H groups in total. The van der Waals surface area contributed by atoms with Crippen LogP contribution in [-0.4, -0.2) is 19.1 Å². The molecule has 2 saturated carbocycles. The lowest BCUT2D eigenvalue weighted by atomic mass is 9.59. The molecule has 0 aliphatic heterocycles. The minimum atomic E-state index is -0.102. The number of methoxy groups -OCH3 is 1. The number of rotatable bonds is 3. The van der Waals surface area contributed by atoms with Gasteiger partial charge in [0, 0.05) is 6.04 Å². The fraction of sp³-hybridized carbons (Fsp3) is 0.933. The molecule has 1 atom stereocenters. The fourth-order valence-electron chi connectivity index (χ4n) is 4.06. The van der Waals surface area contributed by atoms with Crippen molar-refractivity contribution in [2.24, 2.45) is 16.6 Å². The maximum Gasteiger partial charge on any atom is 0.306 e. The zero-order valence-corrected chi connectivity index (χ0v) is 11.8. The Morgan fingerprint density at radius 3 is 2.17 bits per heavy atom. The molecule has 1 spiro atoms. The van der Waals surface area contributed by atoms with Crippen molar-refractivity contribution in [1.29, 1.82) is 0 Å². The van der Waals surface area contributed by atoms with E-state index in [1.807, 2.05) is 0 Å². The Morgan fingerprint density at radius 1 is 1.17 bits per heavy atom. The molecule has 0 amide bonds. The predicted octanol–water partition coefficient (Wildman–Crippen LogP) is 3.02. The zero-order chi connectivity index (χ0) is 13.2. The molecule has 0 bridgehead atoms. The van der Waals surface area contributed by atoms with Crippen molar-refractivity contribution in [2.75, 3.05) is 7.11 Å². The number of nitrogens with two attached hydrogens (primary N) is 1. The summed E-state index contributed by atoms with van der Waals surface area (Å²) >= 11 is 0. The average molecular weight is 253 g/mol. The molecule has 0 radical (unpaired) electrons. The SMILES string of the molecule is COC(=O)CC1(C(C)N)CCC2(CCCC2)CC1. The molecule has 18 heavy (non-hydrogen) atoms. The molecule has 0 aromatic heterocycles. The minimum Gasteiger partial charge on any atom is -0.469 e. The molecule has 2 rings (SSSR count). The van der Waals surface area contributed by atoms with E-state index in [1.165, 1.54) is 45.6 Å². The Labute approximate surface area is 110 Å². The molecular formula is C15H27NO2. The van der Waals surface area contributed by atoms with Crippen LogP contribution in [0, 0.1) is 10.8 Å². The van der Waals surface area contributed by atoms with Gasteiger partial charge in [-0.05, 0) is 56.3 Å². The summed E-state index contributed by atoms with van der Waals surface area (Å²) < 4.78 is 4.85. The van der Waals surface area contributed by atoms with Crippen LogP contribution >= 0.6 is 0 Å². The van der Waals surface area contributed by atoms with E-state index >= 15 is 0 Å². The van der Waals surface area contributed by atoms with Crippen LogP contribution in [0.15, 0.2) is 0 Å². The van der Waals surface area contributed by atoms with Gasteiger partial charge >= 0.3 is 5.97 Å². The maximum atomic E-state index is 11.6. The van der Waals surface area contributed by atoms with Crippen molar-refractivity contribution in [3.05, 3.63) is 0 Å². The van der Waals surface area contributed by atoms with Crippen LogP contribution in [0.1, 0.15) is 64.7 Å². The molecule has 2 aliphatic rings. The summed E-state index contributed by atoms with van der Waals surface area (Å²) in [7, 11) is 1.47. The van der Waals surface area contributed by atoms with Crippen molar-refractivity contribution in [3.63, 3.8) is 0 Å². The molecule has 1 unspecified atom stereocenters. The highest BCUT2D eigenvalue weighted by atomic mass is 16.5. The summed E-state index contributed by atoms with van der Waals surface area (Å²) in [6.45, 7) is 2.05. The highest BCUT2D eigenvalue weighted by Crippen LogP contribution is 2.55. The number of carbonyl (C=O) groups excluding carboxylic acids is 1. The lowest BCUT2D eigenvalue weighted by Crippen LogP contribution is -2.45. The van der Waals surface area contributed by atoms with E-state index in [0.717, 1.165) is 12.8 Å². The Hall–Kier alpha value is -0.570. The second-order valence-corrected chi connectivity index (χ2v) is 6.61. The third-order valence-corrected chi connectivity index (χ3v) is 5.66. The summed E-state index contributed by atoms with van der Waals surface area (Å²) in [5.41, 5.74) is 6.76. The predicted molar refractivity (Wildman–Crippen MR) is 72.1 cm³/mol. The van der Waals surface area contributed by atoms with Gasteiger partial charge in [-0.3, -0.25) is 4.79 Å².